The lowest BCUT2D eigenvalue weighted by Gasteiger charge is -2.38. The molecule has 0 radical (unpaired) electrons. The molecule has 1 fully saturated rings. The lowest BCUT2D eigenvalue weighted by Crippen LogP contribution is -2.42. The van der Waals surface area contributed by atoms with Gasteiger partial charge in [-0.05, 0) is 98.3 Å². The minimum absolute atomic E-state index is 0.0151. The highest BCUT2D eigenvalue weighted by atomic mass is 32.2. The number of methoxy groups -OCH3 is 1. The minimum atomic E-state index is -4.38. The fraction of sp³-hybridized carbons (Fsp3) is 0.467. The molecule has 3 atom stereocenters. The molecular formula is C30H34F4N2O3S. The summed E-state index contributed by atoms with van der Waals surface area (Å²) in [7, 11) is 1.56. The molecule has 4 rings (SSSR count). The molecule has 1 aliphatic rings. The fourth-order valence-corrected chi connectivity index (χ4v) is 6.56. The van der Waals surface area contributed by atoms with E-state index in [0.29, 0.717) is 53.9 Å². The molecule has 1 unspecified atom stereocenters. The molecule has 0 aliphatic carbocycles. The van der Waals surface area contributed by atoms with E-state index >= 15 is 4.39 Å². The highest BCUT2D eigenvalue weighted by molar-refractivity contribution is 7.99. The zero-order valence-corrected chi connectivity index (χ0v) is 23.2. The molecule has 2 heterocycles. The SMILES string of the molecule is COc1ccc2nccc(C(F)CC[C@@H]3CCN(CCCSc4ccccc4C(F)(F)F)C[C@@H]3CC(=O)O)c2c1. The van der Waals surface area contributed by atoms with Crippen LogP contribution in [0, 0.1) is 11.8 Å². The van der Waals surface area contributed by atoms with Gasteiger partial charge in [0.25, 0.3) is 0 Å². The van der Waals surface area contributed by atoms with Crippen LogP contribution in [0.3, 0.4) is 0 Å². The Bertz CT molecular complexity index is 1290. The van der Waals surface area contributed by atoms with Crippen molar-refractivity contribution in [3.05, 3.63) is 65.9 Å². The van der Waals surface area contributed by atoms with Crippen molar-refractivity contribution in [1.82, 2.24) is 9.88 Å². The van der Waals surface area contributed by atoms with E-state index in [1.54, 1.807) is 43.6 Å². The fourth-order valence-electron chi connectivity index (χ4n) is 5.55. The number of rotatable bonds is 12. The summed E-state index contributed by atoms with van der Waals surface area (Å²) < 4.78 is 60.5. The van der Waals surface area contributed by atoms with Crippen LogP contribution in [0.2, 0.25) is 0 Å². The largest absolute Gasteiger partial charge is 0.497 e. The van der Waals surface area contributed by atoms with Crippen LogP contribution in [-0.2, 0) is 11.0 Å². The lowest BCUT2D eigenvalue weighted by molar-refractivity contribution is -0.140. The van der Waals surface area contributed by atoms with Crippen LogP contribution in [0.4, 0.5) is 17.6 Å². The summed E-state index contributed by atoms with van der Waals surface area (Å²) in [6.45, 7) is 2.03. The summed E-state index contributed by atoms with van der Waals surface area (Å²) in [6.07, 6.45) is -1.67. The molecule has 40 heavy (non-hydrogen) atoms. The van der Waals surface area contributed by atoms with E-state index in [0.717, 1.165) is 19.0 Å². The van der Waals surface area contributed by atoms with Crippen LogP contribution >= 0.6 is 11.8 Å². The van der Waals surface area contributed by atoms with Gasteiger partial charge in [-0.25, -0.2) is 4.39 Å². The maximum atomic E-state index is 15.5. The number of halogens is 4. The molecule has 1 saturated heterocycles. The average molecular weight is 579 g/mol. The van der Waals surface area contributed by atoms with E-state index in [2.05, 4.69) is 9.88 Å². The monoisotopic (exact) mass is 578 g/mol. The average Bonchev–Trinajstić information content (AvgIpc) is 2.93. The van der Waals surface area contributed by atoms with Crippen LogP contribution in [0.1, 0.15) is 49.4 Å². The van der Waals surface area contributed by atoms with Gasteiger partial charge < -0.3 is 14.7 Å². The first-order valence-electron chi connectivity index (χ1n) is 13.5. The number of pyridine rings is 1. The number of aliphatic carboxylic acids is 1. The number of ether oxygens (including phenoxy) is 1. The second-order valence-corrected chi connectivity index (χ2v) is 11.4. The van der Waals surface area contributed by atoms with E-state index < -0.39 is 23.9 Å². The Labute approximate surface area is 235 Å². The number of hydrogen-bond acceptors (Lipinski definition) is 5. The smallest absolute Gasteiger partial charge is 0.417 e. The summed E-state index contributed by atoms with van der Waals surface area (Å²) in [5.74, 6) is 0.267. The standard InChI is InChI=1S/C30H34F4N2O3S/c1-39-22-8-10-27-24(18-22)23(11-13-35-27)26(31)9-7-20-12-15-36(19-21(20)17-29(37)38)14-4-16-40-28-6-3-2-5-25(28)30(32,33)34/h2-3,5-6,8,10-11,13,18,20-21,26H,4,7,9,12,14-17,19H2,1H3,(H,37,38)/t20-,21+,26?/m1/s1. The van der Waals surface area contributed by atoms with Gasteiger partial charge >= 0.3 is 12.1 Å². The maximum Gasteiger partial charge on any atom is 0.417 e. The highest BCUT2D eigenvalue weighted by Crippen LogP contribution is 2.38. The van der Waals surface area contributed by atoms with Crippen molar-refractivity contribution in [2.75, 3.05) is 32.5 Å². The Hall–Kier alpha value is -2.85. The molecular weight excluding hydrogens is 544 g/mol. The number of carboxylic acids is 1. The van der Waals surface area contributed by atoms with Gasteiger partial charge in [-0.1, -0.05) is 12.1 Å². The number of carboxylic acid groups (broad SMARTS) is 1. The molecule has 1 aliphatic heterocycles. The van der Waals surface area contributed by atoms with Crippen molar-refractivity contribution in [2.24, 2.45) is 11.8 Å². The second kappa shape index (κ2) is 13.7. The summed E-state index contributed by atoms with van der Waals surface area (Å²) in [5.41, 5.74) is 0.631. The Balaban J connectivity index is 1.31. The summed E-state index contributed by atoms with van der Waals surface area (Å²) in [5, 5.41) is 10.2. The second-order valence-electron chi connectivity index (χ2n) is 10.2. The van der Waals surface area contributed by atoms with Gasteiger partial charge in [-0.2, -0.15) is 13.2 Å². The maximum absolute atomic E-state index is 15.5. The highest BCUT2D eigenvalue weighted by Gasteiger charge is 2.33. The van der Waals surface area contributed by atoms with Crippen LogP contribution in [0.25, 0.3) is 10.9 Å². The summed E-state index contributed by atoms with van der Waals surface area (Å²) in [4.78, 5) is 18.3. The molecule has 3 aromatic rings. The summed E-state index contributed by atoms with van der Waals surface area (Å²) >= 11 is 1.19. The first kappa shape index (κ1) is 30.1. The third kappa shape index (κ3) is 7.87. The molecule has 2 aromatic carbocycles. The number of hydrogen-bond donors (Lipinski definition) is 1. The van der Waals surface area contributed by atoms with Gasteiger partial charge in [0.2, 0.25) is 0 Å². The van der Waals surface area contributed by atoms with Crippen LogP contribution in [0.5, 0.6) is 5.75 Å². The van der Waals surface area contributed by atoms with Gasteiger partial charge in [-0.3, -0.25) is 9.78 Å². The number of aromatic nitrogens is 1. The topological polar surface area (TPSA) is 62.7 Å². The normalized spacial score (nSPS) is 19.0. The van der Waals surface area contributed by atoms with Gasteiger partial charge in [0.05, 0.1) is 18.2 Å². The van der Waals surface area contributed by atoms with Crippen molar-refractivity contribution in [3.8, 4) is 5.75 Å². The van der Waals surface area contributed by atoms with Crippen LogP contribution < -0.4 is 4.74 Å². The number of likely N-dealkylation sites (tertiary alicyclic amines) is 1. The Morgan fingerprint density at radius 1 is 1.20 bits per heavy atom. The van der Waals surface area contributed by atoms with Crippen molar-refractivity contribution in [2.45, 2.75) is 49.3 Å². The predicted molar refractivity (Wildman–Crippen MR) is 148 cm³/mol. The molecule has 1 N–H and O–H groups in total. The molecule has 216 valence electrons. The number of alkyl halides is 4. The van der Waals surface area contributed by atoms with Crippen LogP contribution in [-0.4, -0.2) is 53.5 Å². The lowest BCUT2D eigenvalue weighted by atomic mass is 9.79. The Morgan fingerprint density at radius 2 is 2.00 bits per heavy atom. The van der Waals surface area contributed by atoms with Gasteiger partial charge in [0.1, 0.15) is 11.9 Å². The first-order valence-corrected chi connectivity index (χ1v) is 14.4. The zero-order valence-electron chi connectivity index (χ0n) is 22.4. The van der Waals surface area contributed by atoms with Crippen molar-refractivity contribution >= 4 is 28.6 Å². The Morgan fingerprint density at radius 3 is 2.75 bits per heavy atom. The van der Waals surface area contributed by atoms with E-state index in [9.17, 15) is 23.1 Å². The van der Waals surface area contributed by atoms with Crippen molar-refractivity contribution in [1.29, 1.82) is 0 Å². The van der Waals surface area contributed by atoms with Crippen LogP contribution in [0.15, 0.2) is 59.6 Å². The van der Waals surface area contributed by atoms with E-state index in [-0.39, 0.29) is 29.6 Å². The Kier molecular flexibility index (Phi) is 10.3. The zero-order chi connectivity index (χ0) is 28.7. The van der Waals surface area contributed by atoms with Crippen molar-refractivity contribution in [3.63, 3.8) is 0 Å². The third-order valence-electron chi connectivity index (χ3n) is 7.59. The quantitative estimate of drug-likeness (QED) is 0.135. The molecule has 10 heteroatoms. The molecule has 0 saturated carbocycles. The molecule has 0 amide bonds. The van der Waals surface area contributed by atoms with Gasteiger partial charge in [0, 0.05) is 29.4 Å². The molecule has 0 bridgehead atoms. The van der Waals surface area contributed by atoms with E-state index in [1.165, 1.54) is 23.9 Å². The van der Waals surface area contributed by atoms with Gasteiger partial charge in [-0.15, -0.1) is 11.8 Å². The molecule has 1 aromatic heterocycles. The van der Waals surface area contributed by atoms with E-state index in [4.69, 9.17) is 4.74 Å². The third-order valence-corrected chi connectivity index (χ3v) is 8.75. The predicted octanol–water partition coefficient (Wildman–Crippen LogP) is 7.65. The number of benzene rings is 2. The van der Waals surface area contributed by atoms with Gasteiger partial charge in [0.15, 0.2) is 0 Å². The summed E-state index contributed by atoms with van der Waals surface area (Å²) in [6, 6.07) is 12.7. The number of piperidine rings is 1. The minimum Gasteiger partial charge on any atom is -0.497 e. The van der Waals surface area contributed by atoms with E-state index in [1.807, 2.05) is 0 Å². The van der Waals surface area contributed by atoms with Crippen molar-refractivity contribution < 1.29 is 32.2 Å². The first-order chi connectivity index (χ1) is 19.2. The molecule has 5 nitrogen and oxygen atoms in total. The number of nitrogens with zero attached hydrogens (tertiary/aromatic N) is 2. The number of fused-ring (bicyclic) bond motifs is 1. The number of thioether (sulfide) groups is 1. The number of carbonyl (C=O) groups is 1. The molecule has 0 spiro atoms.